The molecular weight excluding hydrogens is 263 g/mol. The lowest BCUT2D eigenvalue weighted by Gasteiger charge is -2.18. The number of anilines is 1. The van der Waals surface area contributed by atoms with E-state index >= 15 is 0 Å². The van der Waals surface area contributed by atoms with E-state index in [2.05, 4.69) is 10.3 Å². The monoisotopic (exact) mass is 275 g/mol. The standard InChI is InChI=1S/C11H12F3N3O2/c12-11(13,14)7-2-1-6(8(15)19)9(16-7)17-10(5-18)3-4-10/h1-2,18H,3-5H2,(H2,15,19)(H,16,17). The maximum Gasteiger partial charge on any atom is 0.433 e. The first kappa shape index (κ1) is 13.6. The molecule has 1 aliphatic rings. The van der Waals surface area contributed by atoms with Crippen molar-refractivity contribution in [3.63, 3.8) is 0 Å². The number of aromatic nitrogens is 1. The van der Waals surface area contributed by atoms with Crippen LogP contribution in [0.2, 0.25) is 0 Å². The number of nitrogens with one attached hydrogen (secondary N) is 1. The second-order valence-corrected chi connectivity index (χ2v) is 4.52. The van der Waals surface area contributed by atoms with Crippen molar-refractivity contribution in [1.29, 1.82) is 0 Å². The van der Waals surface area contributed by atoms with Crippen LogP contribution in [0, 0.1) is 0 Å². The highest BCUT2D eigenvalue weighted by atomic mass is 19.4. The van der Waals surface area contributed by atoms with Crippen molar-refractivity contribution >= 4 is 11.7 Å². The van der Waals surface area contributed by atoms with E-state index in [1.54, 1.807) is 0 Å². The Morgan fingerprint density at radius 1 is 1.47 bits per heavy atom. The quantitative estimate of drug-likeness (QED) is 0.768. The second-order valence-electron chi connectivity index (χ2n) is 4.52. The largest absolute Gasteiger partial charge is 0.433 e. The molecule has 1 heterocycles. The van der Waals surface area contributed by atoms with Crippen LogP contribution in [-0.2, 0) is 6.18 Å². The van der Waals surface area contributed by atoms with Crippen LogP contribution < -0.4 is 11.1 Å². The first-order valence-electron chi connectivity index (χ1n) is 5.54. The Morgan fingerprint density at radius 3 is 2.53 bits per heavy atom. The molecule has 0 atom stereocenters. The van der Waals surface area contributed by atoms with Gasteiger partial charge in [0.2, 0.25) is 0 Å². The fourth-order valence-corrected chi connectivity index (χ4v) is 1.64. The molecule has 0 saturated heterocycles. The lowest BCUT2D eigenvalue weighted by molar-refractivity contribution is -0.141. The molecule has 1 amide bonds. The summed E-state index contributed by atoms with van der Waals surface area (Å²) in [4.78, 5) is 14.6. The third-order valence-electron chi connectivity index (χ3n) is 2.99. The average Bonchev–Trinajstić information content (AvgIpc) is 3.08. The minimum atomic E-state index is -4.61. The molecule has 0 unspecified atom stereocenters. The molecule has 5 nitrogen and oxygen atoms in total. The summed E-state index contributed by atoms with van der Waals surface area (Å²) < 4.78 is 37.7. The molecule has 0 spiro atoms. The number of primary amides is 1. The predicted octanol–water partition coefficient (Wildman–Crippen LogP) is 1.14. The van der Waals surface area contributed by atoms with Crippen molar-refractivity contribution in [2.45, 2.75) is 24.6 Å². The summed E-state index contributed by atoms with van der Waals surface area (Å²) in [6.45, 7) is -0.247. The van der Waals surface area contributed by atoms with Crippen molar-refractivity contribution in [1.82, 2.24) is 4.98 Å². The van der Waals surface area contributed by atoms with E-state index in [4.69, 9.17) is 10.8 Å². The number of halogens is 3. The number of alkyl halides is 3. The smallest absolute Gasteiger partial charge is 0.394 e. The zero-order chi connectivity index (χ0) is 14.3. The Kier molecular flexibility index (Phi) is 3.13. The number of hydrogen-bond donors (Lipinski definition) is 3. The molecule has 0 bridgehead atoms. The van der Waals surface area contributed by atoms with Gasteiger partial charge in [-0.3, -0.25) is 4.79 Å². The zero-order valence-corrected chi connectivity index (χ0v) is 9.79. The number of carbonyl (C=O) groups excluding carboxylic acids is 1. The Labute approximate surface area is 106 Å². The SMILES string of the molecule is NC(=O)c1ccc(C(F)(F)F)nc1NC1(CO)CC1. The van der Waals surface area contributed by atoms with Crippen LogP contribution >= 0.6 is 0 Å². The fraction of sp³-hybridized carbons (Fsp3) is 0.455. The third-order valence-corrected chi connectivity index (χ3v) is 2.99. The highest BCUT2D eigenvalue weighted by Crippen LogP contribution is 2.39. The number of rotatable bonds is 4. The van der Waals surface area contributed by atoms with Crippen molar-refractivity contribution in [2.24, 2.45) is 5.73 Å². The van der Waals surface area contributed by atoms with Gasteiger partial charge in [-0.15, -0.1) is 0 Å². The maximum absolute atomic E-state index is 12.6. The molecule has 1 aromatic rings. The third kappa shape index (κ3) is 2.78. The number of carbonyl (C=O) groups is 1. The Bertz CT molecular complexity index is 512. The van der Waals surface area contributed by atoms with Crippen LogP contribution in [0.3, 0.4) is 0 Å². The number of nitrogens with two attached hydrogens (primary N) is 1. The van der Waals surface area contributed by atoms with Crippen LogP contribution in [0.25, 0.3) is 0 Å². The molecule has 1 fully saturated rings. The van der Waals surface area contributed by atoms with Gasteiger partial charge >= 0.3 is 6.18 Å². The summed E-state index contributed by atoms with van der Waals surface area (Å²) >= 11 is 0. The molecular formula is C11H12F3N3O2. The summed E-state index contributed by atoms with van der Waals surface area (Å²) in [7, 11) is 0. The molecule has 1 aromatic heterocycles. The zero-order valence-electron chi connectivity index (χ0n) is 9.79. The molecule has 1 saturated carbocycles. The summed E-state index contributed by atoms with van der Waals surface area (Å²) in [5.41, 5.74) is 3.15. The number of amides is 1. The molecule has 0 aliphatic heterocycles. The van der Waals surface area contributed by atoms with Crippen LogP contribution in [0.5, 0.6) is 0 Å². The average molecular weight is 275 g/mol. The first-order valence-corrected chi connectivity index (χ1v) is 5.54. The van der Waals surface area contributed by atoms with E-state index < -0.39 is 23.3 Å². The molecule has 104 valence electrons. The van der Waals surface area contributed by atoms with E-state index in [0.717, 1.165) is 6.07 Å². The van der Waals surface area contributed by atoms with Crippen molar-refractivity contribution < 1.29 is 23.1 Å². The predicted molar refractivity (Wildman–Crippen MR) is 60.4 cm³/mol. The minimum Gasteiger partial charge on any atom is -0.394 e. The Hall–Kier alpha value is -1.83. The van der Waals surface area contributed by atoms with E-state index in [0.29, 0.717) is 18.9 Å². The van der Waals surface area contributed by atoms with E-state index in [1.165, 1.54) is 0 Å². The van der Waals surface area contributed by atoms with Gasteiger partial charge in [0.25, 0.3) is 5.91 Å². The second kappa shape index (κ2) is 4.37. The number of nitrogens with zero attached hydrogens (tertiary/aromatic N) is 1. The van der Waals surface area contributed by atoms with Gasteiger partial charge in [-0.2, -0.15) is 13.2 Å². The number of aliphatic hydroxyl groups excluding tert-OH is 1. The van der Waals surface area contributed by atoms with Gasteiger partial charge in [-0.05, 0) is 25.0 Å². The van der Waals surface area contributed by atoms with E-state index in [1.807, 2.05) is 0 Å². The molecule has 4 N–H and O–H groups in total. The van der Waals surface area contributed by atoms with Crippen molar-refractivity contribution in [3.8, 4) is 0 Å². The normalized spacial score (nSPS) is 17.1. The van der Waals surface area contributed by atoms with Gasteiger partial charge in [-0.25, -0.2) is 4.98 Å². The summed E-state index contributed by atoms with van der Waals surface area (Å²) in [5, 5.41) is 11.8. The number of hydrogen-bond acceptors (Lipinski definition) is 4. The van der Waals surface area contributed by atoms with E-state index in [-0.39, 0.29) is 18.0 Å². The van der Waals surface area contributed by atoms with E-state index in [9.17, 15) is 18.0 Å². The van der Waals surface area contributed by atoms with Crippen LogP contribution in [-0.4, -0.2) is 28.1 Å². The van der Waals surface area contributed by atoms with Crippen LogP contribution in [0.1, 0.15) is 28.9 Å². The Balaban J connectivity index is 2.39. The number of pyridine rings is 1. The lowest BCUT2D eigenvalue weighted by Crippen LogP contribution is -2.29. The van der Waals surface area contributed by atoms with Crippen molar-refractivity contribution in [2.75, 3.05) is 11.9 Å². The minimum absolute atomic E-state index is 0.132. The Morgan fingerprint density at radius 2 is 2.11 bits per heavy atom. The van der Waals surface area contributed by atoms with Gasteiger partial charge in [0.05, 0.1) is 17.7 Å². The summed E-state index contributed by atoms with van der Waals surface area (Å²) in [6, 6.07) is 1.68. The van der Waals surface area contributed by atoms with Crippen molar-refractivity contribution in [3.05, 3.63) is 23.4 Å². The molecule has 2 rings (SSSR count). The van der Waals surface area contributed by atoms with Crippen LogP contribution in [0.15, 0.2) is 12.1 Å². The van der Waals surface area contributed by atoms with Crippen LogP contribution in [0.4, 0.5) is 19.0 Å². The van der Waals surface area contributed by atoms with Gasteiger partial charge in [0, 0.05) is 0 Å². The maximum atomic E-state index is 12.6. The van der Waals surface area contributed by atoms with Gasteiger partial charge < -0.3 is 16.2 Å². The molecule has 1 aliphatic carbocycles. The van der Waals surface area contributed by atoms with Gasteiger partial charge in [0.1, 0.15) is 11.5 Å². The molecule has 0 radical (unpaired) electrons. The highest BCUT2D eigenvalue weighted by molar-refractivity contribution is 5.97. The summed E-state index contributed by atoms with van der Waals surface area (Å²) in [5.74, 6) is -1.12. The first-order chi connectivity index (χ1) is 8.77. The fourth-order valence-electron chi connectivity index (χ4n) is 1.64. The summed E-state index contributed by atoms with van der Waals surface area (Å²) in [6.07, 6.45) is -3.41. The van der Waals surface area contributed by atoms with Gasteiger partial charge in [0.15, 0.2) is 0 Å². The lowest BCUT2D eigenvalue weighted by atomic mass is 10.2. The molecule has 8 heteroatoms. The molecule has 19 heavy (non-hydrogen) atoms. The molecule has 0 aromatic carbocycles. The number of aliphatic hydroxyl groups is 1. The van der Waals surface area contributed by atoms with Gasteiger partial charge in [-0.1, -0.05) is 0 Å². The topological polar surface area (TPSA) is 88.2 Å². The highest BCUT2D eigenvalue weighted by Gasteiger charge is 2.43.